The minimum absolute atomic E-state index is 0.641. The molecule has 0 heteroatoms. The van der Waals surface area contributed by atoms with Gasteiger partial charge in [-0.3, -0.25) is 0 Å². The third-order valence-electron chi connectivity index (χ3n) is 1.90. The molecule has 11 heavy (non-hydrogen) atoms. The molecule has 0 nitrogen and oxygen atoms in total. The van der Waals surface area contributed by atoms with Crippen molar-refractivity contribution in [3.8, 4) is 0 Å². The van der Waals surface area contributed by atoms with Crippen LogP contribution in [0.3, 0.4) is 0 Å². The predicted octanol–water partition coefficient (Wildman–Crippen LogP) is 3.93. The van der Waals surface area contributed by atoms with E-state index in [-0.39, 0.29) is 0 Å². The second kappa shape index (κ2) is 5.21. The average molecular weight is 152 g/mol. The zero-order valence-electron chi connectivity index (χ0n) is 8.49. The minimum Gasteiger partial charge on any atom is -0.123 e. The van der Waals surface area contributed by atoms with E-state index >= 15 is 0 Å². The molecule has 0 aromatic heterocycles. The van der Waals surface area contributed by atoms with E-state index in [0.29, 0.717) is 5.92 Å². The third kappa shape index (κ3) is 4.86. The highest BCUT2D eigenvalue weighted by Crippen LogP contribution is 2.09. The molecule has 0 heterocycles. The summed E-state index contributed by atoms with van der Waals surface area (Å²) in [5, 5.41) is 0. The molecule has 0 unspecified atom stereocenters. The fraction of sp³-hybridized carbons (Fsp3) is 0.727. The Morgan fingerprint density at radius 3 is 2.18 bits per heavy atom. The fourth-order valence-corrected chi connectivity index (χ4v) is 0.918. The Morgan fingerprint density at radius 2 is 1.82 bits per heavy atom. The molecule has 0 aliphatic rings. The highest BCUT2D eigenvalue weighted by Gasteiger charge is 1.93. The van der Waals surface area contributed by atoms with Gasteiger partial charge in [-0.2, -0.15) is 0 Å². The van der Waals surface area contributed by atoms with Crippen LogP contribution in [0, 0.1) is 5.92 Å². The molecule has 0 aromatic rings. The molecule has 0 saturated carbocycles. The van der Waals surface area contributed by atoms with Gasteiger partial charge in [0.1, 0.15) is 0 Å². The van der Waals surface area contributed by atoms with Crippen molar-refractivity contribution in [3.63, 3.8) is 0 Å². The summed E-state index contributed by atoms with van der Waals surface area (Å²) in [6.45, 7) is 10.9. The molecule has 0 N–H and O–H groups in total. The van der Waals surface area contributed by atoms with Crippen LogP contribution in [0.5, 0.6) is 0 Å². The van der Waals surface area contributed by atoms with Gasteiger partial charge in [-0.25, -0.2) is 0 Å². The molecule has 0 bridgehead atoms. The van der Waals surface area contributed by atoms with Crippen LogP contribution in [-0.4, -0.2) is 0 Å². The predicted molar refractivity (Wildman–Crippen MR) is 51.6 cm³/mol. The van der Waals surface area contributed by atoms with Gasteiger partial charge in [-0.05, 0) is 37.3 Å². The first-order valence-corrected chi connectivity index (χ1v) is 4.50. The molecule has 0 amide bonds. The van der Waals surface area contributed by atoms with Crippen LogP contribution in [0.4, 0.5) is 0 Å². The standard InChI is InChI=1S/C11H20/c1-6-7-10(4)8-11(5)9(2)3/h9H,6-7H2,1-5H3. The average Bonchev–Trinajstić information content (AvgIpc) is 1.87. The van der Waals surface area contributed by atoms with E-state index in [2.05, 4.69) is 40.3 Å². The van der Waals surface area contributed by atoms with Crippen LogP contribution in [0.2, 0.25) is 0 Å². The summed E-state index contributed by atoms with van der Waals surface area (Å²) < 4.78 is 0. The minimum atomic E-state index is 0.641. The van der Waals surface area contributed by atoms with Gasteiger partial charge in [-0.15, -0.1) is 5.73 Å². The van der Waals surface area contributed by atoms with E-state index in [1.165, 1.54) is 24.0 Å². The van der Waals surface area contributed by atoms with Crippen LogP contribution in [0.1, 0.15) is 47.5 Å². The summed E-state index contributed by atoms with van der Waals surface area (Å²) in [4.78, 5) is 0. The highest BCUT2D eigenvalue weighted by atomic mass is 14.0. The van der Waals surface area contributed by atoms with Gasteiger partial charge < -0.3 is 0 Å². The maximum atomic E-state index is 3.41. The number of allylic oxidation sites excluding steroid dienone is 1. The first-order chi connectivity index (χ1) is 5.07. The lowest BCUT2D eigenvalue weighted by Gasteiger charge is -2.01. The van der Waals surface area contributed by atoms with Crippen molar-refractivity contribution in [3.05, 3.63) is 16.9 Å². The van der Waals surface area contributed by atoms with Crippen LogP contribution in [-0.2, 0) is 0 Å². The second-order valence-electron chi connectivity index (χ2n) is 3.49. The smallest absolute Gasteiger partial charge is 0.0187 e. The zero-order chi connectivity index (χ0) is 8.85. The maximum Gasteiger partial charge on any atom is -0.0187 e. The van der Waals surface area contributed by atoms with E-state index in [4.69, 9.17) is 0 Å². The van der Waals surface area contributed by atoms with E-state index in [1.54, 1.807) is 0 Å². The third-order valence-corrected chi connectivity index (χ3v) is 1.90. The first-order valence-electron chi connectivity index (χ1n) is 4.50. The van der Waals surface area contributed by atoms with Gasteiger partial charge in [0.25, 0.3) is 0 Å². The van der Waals surface area contributed by atoms with Gasteiger partial charge in [0.2, 0.25) is 0 Å². The van der Waals surface area contributed by atoms with Crippen LogP contribution in [0.25, 0.3) is 0 Å². The Kier molecular flexibility index (Phi) is 4.98. The summed E-state index contributed by atoms with van der Waals surface area (Å²) in [7, 11) is 0. The Morgan fingerprint density at radius 1 is 1.27 bits per heavy atom. The topological polar surface area (TPSA) is 0 Å². The molecular weight excluding hydrogens is 132 g/mol. The number of hydrogen-bond acceptors (Lipinski definition) is 0. The summed E-state index contributed by atoms with van der Waals surface area (Å²) >= 11 is 0. The van der Waals surface area contributed by atoms with Crippen LogP contribution in [0.15, 0.2) is 16.9 Å². The lowest BCUT2D eigenvalue weighted by atomic mass is 10.0. The van der Waals surface area contributed by atoms with Crippen molar-refractivity contribution in [1.82, 2.24) is 0 Å². The molecule has 64 valence electrons. The van der Waals surface area contributed by atoms with Crippen molar-refractivity contribution >= 4 is 0 Å². The Hall–Kier alpha value is -0.480. The van der Waals surface area contributed by atoms with Crippen molar-refractivity contribution < 1.29 is 0 Å². The molecule has 0 radical (unpaired) electrons. The van der Waals surface area contributed by atoms with Gasteiger partial charge in [0, 0.05) is 0 Å². The quantitative estimate of drug-likeness (QED) is 0.537. The maximum absolute atomic E-state index is 3.41. The molecular formula is C11H20. The zero-order valence-corrected chi connectivity index (χ0v) is 8.49. The van der Waals surface area contributed by atoms with Gasteiger partial charge >= 0.3 is 0 Å². The Bertz CT molecular complexity index is 166. The van der Waals surface area contributed by atoms with E-state index in [9.17, 15) is 0 Å². The van der Waals surface area contributed by atoms with Crippen molar-refractivity contribution in [2.45, 2.75) is 47.5 Å². The van der Waals surface area contributed by atoms with E-state index < -0.39 is 0 Å². The van der Waals surface area contributed by atoms with Crippen molar-refractivity contribution in [2.75, 3.05) is 0 Å². The molecule has 0 aromatic carbocycles. The van der Waals surface area contributed by atoms with Crippen LogP contribution < -0.4 is 0 Å². The lowest BCUT2D eigenvalue weighted by molar-refractivity contribution is 0.768. The van der Waals surface area contributed by atoms with Crippen molar-refractivity contribution in [2.24, 2.45) is 5.92 Å². The Labute approximate surface area is 71.0 Å². The summed E-state index contributed by atoms with van der Waals surface area (Å²) in [5.41, 5.74) is 6.17. The normalized spacial score (nSPS) is 9.64. The van der Waals surface area contributed by atoms with Gasteiger partial charge in [0.05, 0.1) is 0 Å². The molecule has 0 spiro atoms. The molecule has 0 atom stereocenters. The first kappa shape index (κ1) is 10.5. The molecule has 0 aliphatic heterocycles. The largest absolute Gasteiger partial charge is 0.123 e. The van der Waals surface area contributed by atoms with Crippen LogP contribution >= 0.6 is 0 Å². The number of rotatable bonds is 3. The van der Waals surface area contributed by atoms with E-state index in [1.807, 2.05) is 0 Å². The van der Waals surface area contributed by atoms with Crippen molar-refractivity contribution in [1.29, 1.82) is 0 Å². The van der Waals surface area contributed by atoms with E-state index in [0.717, 1.165) is 0 Å². The molecule has 0 aliphatic carbocycles. The monoisotopic (exact) mass is 152 g/mol. The molecule has 0 rings (SSSR count). The lowest BCUT2D eigenvalue weighted by Crippen LogP contribution is -1.86. The molecule has 0 fully saturated rings. The second-order valence-corrected chi connectivity index (χ2v) is 3.49. The van der Waals surface area contributed by atoms with Gasteiger partial charge in [-0.1, -0.05) is 27.2 Å². The highest BCUT2D eigenvalue weighted by molar-refractivity contribution is 5.07. The fourth-order valence-electron chi connectivity index (χ4n) is 0.918. The summed E-state index contributed by atoms with van der Waals surface area (Å²) in [6.07, 6.45) is 2.41. The summed E-state index contributed by atoms with van der Waals surface area (Å²) in [5.74, 6) is 0.641. The SMILES string of the molecule is CCCC(C)=C=C(C)C(C)C. The van der Waals surface area contributed by atoms with Gasteiger partial charge in [0.15, 0.2) is 0 Å². The summed E-state index contributed by atoms with van der Waals surface area (Å²) in [6, 6.07) is 0. The Balaban J connectivity index is 4.33. The number of hydrogen-bond donors (Lipinski definition) is 0. The molecule has 0 saturated heterocycles.